The predicted octanol–water partition coefficient (Wildman–Crippen LogP) is 5.68. The third kappa shape index (κ3) is 4.67. The van der Waals surface area contributed by atoms with Crippen molar-refractivity contribution in [3.8, 4) is 5.75 Å². The van der Waals surface area contributed by atoms with E-state index in [9.17, 15) is 9.59 Å². The fourth-order valence-corrected chi connectivity index (χ4v) is 5.65. The zero-order chi connectivity index (χ0) is 25.5. The molecular formula is C27H30ClN3O3S. The van der Waals surface area contributed by atoms with Crippen LogP contribution in [0, 0.1) is 0 Å². The van der Waals surface area contributed by atoms with Gasteiger partial charge in [-0.2, -0.15) is 0 Å². The van der Waals surface area contributed by atoms with E-state index >= 15 is 0 Å². The van der Waals surface area contributed by atoms with Gasteiger partial charge in [-0.1, -0.05) is 24.6 Å². The van der Waals surface area contributed by atoms with Crippen molar-refractivity contribution in [3.05, 3.63) is 58.1 Å². The molecule has 2 aromatic rings. The van der Waals surface area contributed by atoms with Crippen molar-refractivity contribution in [1.82, 2.24) is 5.32 Å². The summed E-state index contributed by atoms with van der Waals surface area (Å²) in [6.45, 7) is 12.0. The first-order valence-corrected chi connectivity index (χ1v) is 12.6. The second-order valence-electron chi connectivity index (χ2n) is 9.48. The van der Waals surface area contributed by atoms with E-state index in [4.69, 9.17) is 28.6 Å². The van der Waals surface area contributed by atoms with Gasteiger partial charge in [-0.25, -0.2) is 0 Å². The molecule has 0 aliphatic carbocycles. The molecule has 1 unspecified atom stereocenters. The number of benzene rings is 2. The molecule has 0 bridgehead atoms. The molecule has 0 saturated carbocycles. The Morgan fingerprint density at radius 1 is 1.23 bits per heavy atom. The van der Waals surface area contributed by atoms with Gasteiger partial charge in [-0.3, -0.25) is 19.8 Å². The molecule has 0 radical (unpaired) electrons. The zero-order valence-electron chi connectivity index (χ0n) is 20.6. The van der Waals surface area contributed by atoms with Crippen LogP contribution in [0.4, 0.5) is 11.4 Å². The number of hydrogen-bond donors (Lipinski definition) is 1. The number of nitrogens with one attached hydrogen (secondary N) is 1. The Balaban J connectivity index is 1.76. The molecule has 1 saturated heterocycles. The van der Waals surface area contributed by atoms with Crippen LogP contribution in [0.5, 0.6) is 5.75 Å². The van der Waals surface area contributed by atoms with Gasteiger partial charge >= 0.3 is 0 Å². The quantitative estimate of drug-likeness (QED) is 0.318. The second kappa shape index (κ2) is 9.63. The Hall–Kier alpha value is -2.90. The molecule has 2 aromatic carbocycles. The molecule has 1 fully saturated rings. The highest BCUT2D eigenvalue weighted by molar-refractivity contribution is 7.80. The standard InChI is InChI=1S/C27H30ClN3O3S/c1-6-30-23-14-22(28)17(11-20(23)16(3)15-27(30,4)5)12-21-24(32)29-26(35)31(25(21)33)18-9-8-10-19(13-18)34-7-2/h8-14,16H,6-7,15H2,1-5H3,(H,29,32,35)/b21-12-. The maximum atomic E-state index is 13.5. The monoisotopic (exact) mass is 511 g/mol. The van der Waals surface area contributed by atoms with Gasteiger partial charge in [0.05, 0.1) is 12.3 Å². The van der Waals surface area contributed by atoms with E-state index in [0.717, 1.165) is 24.2 Å². The molecule has 2 amide bonds. The summed E-state index contributed by atoms with van der Waals surface area (Å²) in [7, 11) is 0. The lowest BCUT2D eigenvalue weighted by Gasteiger charge is -2.47. The van der Waals surface area contributed by atoms with E-state index in [-0.39, 0.29) is 16.2 Å². The largest absolute Gasteiger partial charge is 0.494 e. The maximum Gasteiger partial charge on any atom is 0.270 e. The van der Waals surface area contributed by atoms with Crippen LogP contribution in [-0.2, 0) is 9.59 Å². The molecule has 1 atom stereocenters. The molecule has 184 valence electrons. The molecule has 0 aromatic heterocycles. The van der Waals surface area contributed by atoms with E-state index in [1.807, 2.05) is 19.1 Å². The van der Waals surface area contributed by atoms with Crippen LogP contribution in [0.15, 0.2) is 42.0 Å². The number of ether oxygens (including phenoxy) is 1. The van der Waals surface area contributed by atoms with Gasteiger partial charge in [-0.15, -0.1) is 0 Å². The summed E-state index contributed by atoms with van der Waals surface area (Å²) < 4.78 is 5.56. The molecule has 6 nitrogen and oxygen atoms in total. The van der Waals surface area contributed by atoms with Crippen molar-refractivity contribution in [2.75, 3.05) is 23.0 Å². The summed E-state index contributed by atoms with van der Waals surface area (Å²) in [6, 6.07) is 11.0. The van der Waals surface area contributed by atoms with E-state index < -0.39 is 11.8 Å². The number of halogens is 1. The van der Waals surface area contributed by atoms with E-state index in [1.165, 1.54) is 4.90 Å². The highest BCUT2D eigenvalue weighted by Crippen LogP contribution is 2.45. The van der Waals surface area contributed by atoms with Gasteiger partial charge in [0.1, 0.15) is 11.3 Å². The lowest BCUT2D eigenvalue weighted by atomic mass is 9.79. The number of nitrogens with zero attached hydrogens (tertiary/aromatic N) is 2. The smallest absolute Gasteiger partial charge is 0.270 e. The highest BCUT2D eigenvalue weighted by atomic mass is 35.5. The Morgan fingerprint density at radius 2 is 1.97 bits per heavy atom. The van der Waals surface area contributed by atoms with Gasteiger partial charge in [0.15, 0.2) is 5.11 Å². The van der Waals surface area contributed by atoms with Crippen molar-refractivity contribution < 1.29 is 14.3 Å². The molecule has 35 heavy (non-hydrogen) atoms. The van der Waals surface area contributed by atoms with Crippen LogP contribution in [0.1, 0.15) is 58.1 Å². The summed E-state index contributed by atoms with van der Waals surface area (Å²) in [5.41, 5.74) is 3.38. The number of thiocarbonyl (C=S) groups is 1. The third-order valence-electron chi connectivity index (χ3n) is 6.61. The third-order valence-corrected chi connectivity index (χ3v) is 7.22. The van der Waals surface area contributed by atoms with Gasteiger partial charge < -0.3 is 9.64 Å². The van der Waals surface area contributed by atoms with Crippen LogP contribution in [0.3, 0.4) is 0 Å². The maximum absolute atomic E-state index is 13.5. The Bertz CT molecular complexity index is 1240. The number of carbonyl (C=O) groups excluding carboxylic acids is 2. The van der Waals surface area contributed by atoms with Gasteiger partial charge in [0.2, 0.25) is 0 Å². The summed E-state index contributed by atoms with van der Waals surface area (Å²) >= 11 is 12.0. The van der Waals surface area contributed by atoms with Crippen molar-refractivity contribution >= 4 is 58.2 Å². The number of carbonyl (C=O) groups is 2. The van der Waals surface area contributed by atoms with Gasteiger partial charge in [0, 0.05) is 28.9 Å². The molecule has 2 aliphatic rings. The number of fused-ring (bicyclic) bond motifs is 1. The Morgan fingerprint density at radius 3 is 2.66 bits per heavy atom. The van der Waals surface area contributed by atoms with Crippen LogP contribution in [0.2, 0.25) is 5.02 Å². The fraction of sp³-hybridized carbons (Fsp3) is 0.370. The average molecular weight is 512 g/mol. The second-order valence-corrected chi connectivity index (χ2v) is 10.3. The number of anilines is 2. The minimum Gasteiger partial charge on any atom is -0.494 e. The van der Waals surface area contributed by atoms with Crippen LogP contribution >= 0.6 is 23.8 Å². The molecule has 2 heterocycles. The zero-order valence-corrected chi connectivity index (χ0v) is 22.2. The fourth-order valence-electron chi connectivity index (χ4n) is 5.16. The van der Waals surface area contributed by atoms with Crippen LogP contribution in [0.25, 0.3) is 6.08 Å². The first-order chi connectivity index (χ1) is 16.6. The summed E-state index contributed by atoms with van der Waals surface area (Å²) in [5, 5.41) is 3.14. The Kier molecular flexibility index (Phi) is 6.93. The first kappa shape index (κ1) is 25.2. The van der Waals surface area contributed by atoms with E-state index in [1.54, 1.807) is 30.3 Å². The van der Waals surface area contributed by atoms with Crippen LogP contribution < -0.4 is 19.9 Å². The SMILES string of the molecule is CCOc1cccc(N2C(=O)/C(=C\c3cc4c(cc3Cl)N(CC)C(C)(C)CC4C)C(=O)NC2=S)c1. The van der Waals surface area contributed by atoms with E-state index in [0.29, 0.717) is 34.5 Å². The van der Waals surface area contributed by atoms with Gasteiger partial charge in [-0.05, 0) is 93.7 Å². The molecule has 0 spiro atoms. The van der Waals surface area contributed by atoms with Gasteiger partial charge in [0.25, 0.3) is 11.8 Å². The molecular weight excluding hydrogens is 482 g/mol. The normalized spacial score (nSPS) is 20.7. The molecule has 8 heteroatoms. The summed E-state index contributed by atoms with van der Waals surface area (Å²) in [5.74, 6) is -0.141. The van der Waals surface area contributed by atoms with E-state index in [2.05, 4.69) is 37.9 Å². The topological polar surface area (TPSA) is 61.9 Å². The molecule has 4 rings (SSSR count). The summed E-state index contributed by atoms with van der Waals surface area (Å²) in [4.78, 5) is 30.0. The predicted molar refractivity (Wildman–Crippen MR) is 145 cm³/mol. The number of hydrogen-bond acceptors (Lipinski definition) is 5. The number of rotatable bonds is 5. The molecule has 1 N–H and O–H groups in total. The van der Waals surface area contributed by atoms with Crippen molar-refractivity contribution in [2.45, 2.75) is 52.5 Å². The minimum absolute atomic E-state index is 0.00984. The lowest BCUT2D eigenvalue weighted by molar-refractivity contribution is -0.122. The Labute approximate surface area is 216 Å². The summed E-state index contributed by atoms with van der Waals surface area (Å²) in [6.07, 6.45) is 2.55. The van der Waals surface area contributed by atoms with Crippen molar-refractivity contribution in [1.29, 1.82) is 0 Å². The highest BCUT2D eigenvalue weighted by Gasteiger charge is 2.37. The first-order valence-electron chi connectivity index (χ1n) is 11.8. The number of amides is 2. The lowest BCUT2D eigenvalue weighted by Crippen LogP contribution is -2.54. The average Bonchev–Trinajstić information content (AvgIpc) is 2.77. The van der Waals surface area contributed by atoms with Crippen molar-refractivity contribution in [3.63, 3.8) is 0 Å². The van der Waals surface area contributed by atoms with Crippen molar-refractivity contribution in [2.24, 2.45) is 0 Å². The van der Waals surface area contributed by atoms with Crippen LogP contribution in [-0.4, -0.2) is 35.6 Å². The molecule has 2 aliphatic heterocycles. The minimum atomic E-state index is -0.546.